The van der Waals surface area contributed by atoms with Crippen molar-refractivity contribution in [1.82, 2.24) is 5.32 Å². The molecule has 0 spiro atoms. The van der Waals surface area contributed by atoms with Gasteiger partial charge in [-0.25, -0.2) is 0 Å². The molecule has 4 N–H and O–H groups in total. The summed E-state index contributed by atoms with van der Waals surface area (Å²) in [5.41, 5.74) is 4.63. The quantitative estimate of drug-likeness (QED) is 0.512. The van der Waals surface area contributed by atoms with Crippen LogP contribution in [0.25, 0.3) is 0 Å². The molecular weight excluding hydrogens is 200 g/mol. The average molecular weight is 218 g/mol. The van der Waals surface area contributed by atoms with Gasteiger partial charge in [-0.2, -0.15) is 0 Å². The van der Waals surface area contributed by atoms with Gasteiger partial charge in [-0.05, 0) is 20.8 Å². The monoisotopic (exact) mass is 218 g/mol. The minimum atomic E-state index is -1.01. The molecular formula is C9H18N2O4. The van der Waals surface area contributed by atoms with Crippen molar-refractivity contribution in [2.75, 3.05) is 13.2 Å². The summed E-state index contributed by atoms with van der Waals surface area (Å²) in [6.07, 6.45) is 0. The summed E-state index contributed by atoms with van der Waals surface area (Å²) >= 11 is 0. The van der Waals surface area contributed by atoms with Crippen LogP contribution in [-0.4, -0.2) is 41.8 Å². The van der Waals surface area contributed by atoms with E-state index in [4.69, 9.17) is 15.6 Å². The molecule has 0 heterocycles. The van der Waals surface area contributed by atoms with E-state index in [0.29, 0.717) is 0 Å². The lowest BCUT2D eigenvalue weighted by molar-refractivity contribution is -0.154. The zero-order chi connectivity index (χ0) is 12.1. The van der Waals surface area contributed by atoms with Gasteiger partial charge >= 0.3 is 5.97 Å². The summed E-state index contributed by atoms with van der Waals surface area (Å²) in [7, 11) is 0. The van der Waals surface area contributed by atoms with Gasteiger partial charge in [0.1, 0.15) is 18.2 Å². The first-order valence-electron chi connectivity index (χ1n) is 4.62. The Hall–Kier alpha value is -1.14. The fraction of sp³-hybridized carbons (Fsp3) is 0.778. The molecule has 0 bridgehead atoms. The van der Waals surface area contributed by atoms with Crippen LogP contribution in [0.1, 0.15) is 20.8 Å². The van der Waals surface area contributed by atoms with Gasteiger partial charge in [-0.15, -0.1) is 0 Å². The third-order valence-corrected chi connectivity index (χ3v) is 1.36. The molecule has 6 nitrogen and oxygen atoms in total. The van der Waals surface area contributed by atoms with Crippen molar-refractivity contribution in [3.63, 3.8) is 0 Å². The lowest BCUT2D eigenvalue weighted by atomic mass is 10.2. The Balaban J connectivity index is 3.87. The average Bonchev–Trinajstić information content (AvgIpc) is 2.10. The number of aliphatic hydroxyl groups is 1. The topological polar surface area (TPSA) is 102 Å². The van der Waals surface area contributed by atoms with E-state index in [-0.39, 0.29) is 6.54 Å². The molecule has 0 aromatic carbocycles. The second-order valence-electron chi connectivity index (χ2n) is 4.09. The van der Waals surface area contributed by atoms with Crippen LogP contribution in [0.4, 0.5) is 0 Å². The van der Waals surface area contributed by atoms with Crippen molar-refractivity contribution in [3.05, 3.63) is 0 Å². The van der Waals surface area contributed by atoms with Gasteiger partial charge in [0.25, 0.3) is 0 Å². The zero-order valence-corrected chi connectivity index (χ0v) is 9.24. The first kappa shape index (κ1) is 13.9. The summed E-state index contributed by atoms with van der Waals surface area (Å²) < 4.78 is 4.94. The van der Waals surface area contributed by atoms with E-state index in [0.717, 1.165) is 0 Å². The number of carbonyl (C=O) groups excluding carboxylic acids is 2. The van der Waals surface area contributed by atoms with Crippen LogP contribution in [0, 0.1) is 0 Å². The second kappa shape index (κ2) is 5.67. The normalized spacial score (nSPS) is 13.1. The van der Waals surface area contributed by atoms with E-state index in [1.54, 1.807) is 20.8 Å². The highest BCUT2D eigenvalue weighted by Crippen LogP contribution is 2.06. The molecule has 88 valence electrons. The fourth-order valence-electron chi connectivity index (χ4n) is 0.751. The SMILES string of the molecule is CC(C)(C)OC(=O)CNC(=O)[C@@H](N)CO. The first-order valence-corrected chi connectivity index (χ1v) is 4.62. The first-order chi connectivity index (χ1) is 6.76. The summed E-state index contributed by atoms with van der Waals surface area (Å²) in [6, 6.07) is -1.01. The van der Waals surface area contributed by atoms with Crippen molar-refractivity contribution < 1.29 is 19.4 Å². The number of esters is 1. The van der Waals surface area contributed by atoms with Crippen molar-refractivity contribution in [3.8, 4) is 0 Å². The van der Waals surface area contributed by atoms with E-state index in [1.807, 2.05) is 0 Å². The standard InChI is InChI=1S/C9H18N2O4/c1-9(2,3)15-7(13)4-11-8(14)6(10)5-12/h6,12H,4-5,10H2,1-3H3,(H,11,14)/t6-/m0/s1. The Bertz CT molecular complexity index is 235. The Labute approximate surface area is 88.8 Å². The van der Waals surface area contributed by atoms with Crippen LogP contribution in [-0.2, 0) is 14.3 Å². The maximum atomic E-state index is 11.1. The Kier molecular flexibility index (Phi) is 5.24. The molecule has 0 fully saturated rings. The number of hydrogen-bond donors (Lipinski definition) is 3. The third kappa shape index (κ3) is 6.87. The highest BCUT2D eigenvalue weighted by Gasteiger charge is 2.18. The van der Waals surface area contributed by atoms with Gasteiger partial charge in [0.15, 0.2) is 0 Å². The molecule has 15 heavy (non-hydrogen) atoms. The Morgan fingerprint density at radius 3 is 2.40 bits per heavy atom. The minimum Gasteiger partial charge on any atom is -0.459 e. The van der Waals surface area contributed by atoms with Crippen LogP contribution < -0.4 is 11.1 Å². The van der Waals surface area contributed by atoms with E-state index < -0.39 is 30.1 Å². The van der Waals surface area contributed by atoms with E-state index in [2.05, 4.69) is 5.32 Å². The molecule has 0 saturated heterocycles. The molecule has 0 aliphatic rings. The van der Waals surface area contributed by atoms with Gasteiger partial charge in [0, 0.05) is 0 Å². The Morgan fingerprint density at radius 2 is 2.00 bits per heavy atom. The predicted molar refractivity (Wildman–Crippen MR) is 53.9 cm³/mol. The number of hydrogen-bond acceptors (Lipinski definition) is 5. The molecule has 0 saturated carbocycles. The largest absolute Gasteiger partial charge is 0.459 e. The maximum absolute atomic E-state index is 11.1. The highest BCUT2D eigenvalue weighted by molar-refractivity contribution is 5.85. The van der Waals surface area contributed by atoms with Crippen molar-refractivity contribution >= 4 is 11.9 Å². The van der Waals surface area contributed by atoms with Gasteiger partial charge < -0.3 is 20.9 Å². The smallest absolute Gasteiger partial charge is 0.325 e. The van der Waals surface area contributed by atoms with E-state index in [9.17, 15) is 9.59 Å². The molecule has 0 aliphatic carbocycles. The predicted octanol–water partition coefficient (Wildman–Crippen LogP) is -1.24. The van der Waals surface area contributed by atoms with Crippen LogP contribution >= 0.6 is 0 Å². The number of rotatable bonds is 4. The summed E-state index contributed by atoms with van der Waals surface area (Å²) in [5, 5.41) is 10.8. The lowest BCUT2D eigenvalue weighted by Gasteiger charge is -2.19. The Morgan fingerprint density at radius 1 is 1.47 bits per heavy atom. The number of nitrogens with two attached hydrogens (primary N) is 1. The molecule has 1 atom stereocenters. The van der Waals surface area contributed by atoms with E-state index >= 15 is 0 Å². The van der Waals surface area contributed by atoms with Crippen molar-refractivity contribution in [2.24, 2.45) is 5.73 Å². The van der Waals surface area contributed by atoms with Gasteiger partial charge in [-0.1, -0.05) is 0 Å². The molecule has 0 unspecified atom stereocenters. The number of aliphatic hydroxyl groups excluding tert-OH is 1. The van der Waals surface area contributed by atoms with Gasteiger partial charge in [-0.3, -0.25) is 9.59 Å². The summed E-state index contributed by atoms with van der Waals surface area (Å²) in [6.45, 7) is 4.48. The zero-order valence-electron chi connectivity index (χ0n) is 9.24. The third-order valence-electron chi connectivity index (χ3n) is 1.36. The number of ether oxygens (including phenoxy) is 1. The highest BCUT2D eigenvalue weighted by atomic mass is 16.6. The molecule has 0 aliphatic heterocycles. The van der Waals surface area contributed by atoms with Crippen LogP contribution in [0.3, 0.4) is 0 Å². The molecule has 6 heteroatoms. The second-order valence-corrected chi connectivity index (χ2v) is 4.09. The molecule has 0 aromatic heterocycles. The van der Waals surface area contributed by atoms with Crippen molar-refractivity contribution in [2.45, 2.75) is 32.4 Å². The van der Waals surface area contributed by atoms with Crippen molar-refractivity contribution in [1.29, 1.82) is 0 Å². The van der Waals surface area contributed by atoms with Gasteiger partial charge in [0.05, 0.1) is 6.61 Å². The molecule has 0 rings (SSSR count). The summed E-state index contributed by atoms with van der Waals surface area (Å²) in [5.74, 6) is -1.12. The lowest BCUT2D eigenvalue weighted by Crippen LogP contribution is -2.45. The number of nitrogens with one attached hydrogen (secondary N) is 1. The van der Waals surface area contributed by atoms with E-state index in [1.165, 1.54) is 0 Å². The molecule has 0 aromatic rings. The molecule has 1 amide bonds. The number of carbonyl (C=O) groups is 2. The number of amides is 1. The fourth-order valence-corrected chi connectivity index (χ4v) is 0.751. The van der Waals surface area contributed by atoms with Crippen LogP contribution in [0.15, 0.2) is 0 Å². The summed E-state index contributed by atoms with van der Waals surface area (Å²) in [4.78, 5) is 22.2. The minimum absolute atomic E-state index is 0.246. The van der Waals surface area contributed by atoms with Crippen LogP contribution in [0.2, 0.25) is 0 Å². The van der Waals surface area contributed by atoms with Crippen LogP contribution in [0.5, 0.6) is 0 Å². The molecule has 0 radical (unpaired) electrons. The van der Waals surface area contributed by atoms with Gasteiger partial charge in [0.2, 0.25) is 5.91 Å². The maximum Gasteiger partial charge on any atom is 0.325 e.